The standard InChI is InChI=1S/C27H25FN2O3S/c1-18-6-4-5-15-29(18)26(31)20-11-14-25-23(16-20)30(17-19-9-12-21(28)13-10-19)27(32)22-7-2-3-8-24(22)34(25)33/h2-3,7-14,16,18H,4-6,15,17H2,1H3. The molecule has 2 amide bonds. The maximum atomic E-state index is 13.7. The molecule has 7 heteroatoms. The van der Waals surface area contributed by atoms with Gasteiger partial charge in [-0.1, -0.05) is 24.3 Å². The van der Waals surface area contributed by atoms with E-state index in [4.69, 9.17) is 0 Å². The Morgan fingerprint density at radius 1 is 1.03 bits per heavy atom. The Morgan fingerprint density at radius 2 is 1.79 bits per heavy atom. The number of benzene rings is 3. The van der Waals surface area contributed by atoms with Gasteiger partial charge < -0.3 is 9.80 Å². The van der Waals surface area contributed by atoms with Crippen LogP contribution in [0.5, 0.6) is 0 Å². The predicted molar refractivity (Wildman–Crippen MR) is 129 cm³/mol. The van der Waals surface area contributed by atoms with E-state index in [0.717, 1.165) is 24.8 Å². The van der Waals surface area contributed by atoms with Gasteiger partial charge in [0.25, 0.3) is 11.8 Å². The van der Waals surface area contributed by atoms with Crippen molar-refractivity contribution in [2.45, 2.75) is 48.6 Å². The van der Waals surface area contributed by atoms with Gasteiger partial charge in [0.2, 0.25) is 0 Å². The number of amides is 2. The molecule has 0 N–H and O–H groups in total. The quantitative estimate of drug-likeness (QED) is 0.524. The summed E-state index contributed by atoms with van der Waals surface area (Å²) in [6.07, 6.45) is 3.03. The number of rotatable bonds is 3. The Labute approximate surface area is 200 Å². The van der Waals surface area contributed by atoms with Crippen molar-refractivity contribution in [3.05, 3.63) is 89.2 Å². The summed E-state index contributed by atoms with van der Waals surface area (Å²) in [4.78, 5) is 31.4. The Morgan fingerprint density at radius 3 is 2.56 bits per heavy atom. The van der Waals surface area contributed by atoms with Gasteiger partial charge in [0.15, 0.2) is 0 Å². The van der Waals surface area contributed by atoms with Crippen molar-refractivity contribution in [2.24, 2.45) is 0 Å². The number of likely N-dealkylation sites (tertiary alicyclic amines) is 1. The molecule has 2 aliphatic heterocycles. The van der Waals surface area contributed by atoms with Gasteiger partial charge in [0, 0.05) is 18.2 Å². The fourth-order valence-electron chi connectivity index (χ4n) is 4.69. The molecule has 0 radical (unpaired) electrons. The minimum absolute atomic E-state index is 0.0864. The predicted octanol–water partition coefficient (Wildman–Crippen LogP) is 5.17. The Hall–Kier alpha value is -3.32. The van der Waals surface area contributed by atoms with E-state index in [1.807, 2.05) is 4.90 Å². The zero-order valence-corrected chi connectivity index (χ0v) is 19.7. The lowest BCUT2D eigenvalue weighted by Crippen LogP contribution is -2.42. The van der Waals surface area contributed by atoms with Gasteiger partial charge >= 0.3 is 0 Å². The lowest BCUT2D eigenvalue weighted by atomic mass is 10.0. The summed E-state index contributed by atoms with van der Waals surface area (Å²) in [6, 6.07) is 18.0. The summed E-state index contributed by atoms with van der Waals surface area (Å²) in [7, 11) is -1.59. The highest BCUT2D eigenvalue weighted by Crippen LogP contribution is 2.36. The first-order chi connectivity index (χ1) is 16.4. The van der Waals surface area contributed by atoms with E-state index in [0.29, 0.717) is 33.2 Å². The van der Waals surface area contributed by atoms with Gasteiger partial charge in [-0.3, -0.25) is 9.59 Å². The summed E-state index contributed by atoms with van der Waals surface area (Å²) in [5.74, 6) is -0.749. The van der Waals surface area contributed by atoms with Crippen LogP contribution in [0.15, 0.2) is 76.5 Å². The van der Waals surface area contributed by atoms with E-state index in [9.17, 15) is 18.2 Å². The molecule has 5 rings (SSSR count). The van der Waals surface area contributed by atoms with E-state index in [-0.39, 0.29) is 30.2 Å². The molecule has 0 aliphatic carbocycles. The van der Waals surface area contributed by atoms with Crippen LogP contribution in [0.3, 0.4) is 0 Å². The van der Waals surface area contributed by atoms with Crippen LogP contribution in [-0.4, -0.2) is 33.5 Å². The van der Waals surface area contributed by atoms with Gasteiger partial charge in [-0.15, -0.1) is 0 Å². The molecule has 3 aromatic carbocycles. The van der Waals surface area contributed by atoms with Crippen molar-refractivity contribution < 1.29 is 18.2 Å². The molecule has 1 fully saturated rings. The molecule has 1 saturated heterocycles. The van der Waals surface area contributed by atoms with Crippen LogP contribution in [0.1, 0.15) is 52.5 Å². The SMILES string of the molecule is CC1CCCCN1C(=O)c1ccc2c(c1)N(Cc1ccc(F)cc1)C(=O)c1ccccc1S2=O. The summed E-state index contributed by atoms with van der Waals surface area (Å²) in [5.41, 5.74) is 2.00. The lowest BCUT2D eigenvalue weighted by Gasteiger charge is -2.33. The van der Waals surface area contributed by atoms with Gasteiger partial charge in [0.05, 0.1) is 38.4 Å². The number of hydrogen-bond donors (Lipinski definition) is 0. The molecule has 0 saturated carbocycles. The number of halogens is 1. The summed E-state index contributed by atoms with van der Waals surface area (Å²) < 4.78 is 27.0. The van der Waals surface area contributed by atoms with Gasteiger partial charge in [-0.2, -0.15) is 0 Å². The average Bonchev–Trinajstić information content (AvgIpc) is 2.94. The number of piperidine rings is 1. The van der Waals surface area contributed by atoms with Gasteiger partial charge in [-0.25, -0.2) is 8.60 Å². The van der Waals surface area contributed by atoms with Crippen molar-refractivity contribution >= 4 is 28.3 Å². The molecule has 5 nitrogen and oxygen atoms in total. The highest BCUT2D eigenvalue weighted by Gasteiger charge is 2.32. The Bertz CT molecular complexity index is 1290. The summed E-state index contributed by atoms with van der Waals surface area (Å²) >= 11 is 0. The minimum atomic E-state index is -1.59. The third-order valence-electron chi connectivity index (χ3n) is 6.58. The molecule has 0 spiro atoms. The largest absolute Gasteiger partial charge is 0.336 e. The van der Waals surface area contributed by atoms with Crippen molar-refractivity contribution in [2.75, 3.05) is 11.4 Å². The van der Waals surface area contributed by atoms with Crippen LogP contribution >= 0.6 is 0 Å². The molecule has 2 heterocycles. The number of fused-ring (bicyclic) bond motifs is 2. The van der Waals surface area contributed by atoms with E-state index in [1.54, 1.807) is 59.5 Å². The first-order valence-corrected chi connectivity index (χ1v) is 12.6. The Balaban J connectivity index is 1.62. The summed E-state index contributed by atoms with van der Waals surface area (Å²) in [5, 5.41) is 0. The van der Waals surface area contributed by atoms with E-state index in [2.05, 4.69) is 6.92 Å². The second-order valence-corrected chi connectivity index (χ2v) is 10.2. The number of anilines is 1. The third-order valence-corrected chi connectivity index (χ3v) is 8.08. The molecule has 2 atom stereocenters. The molecule has 34 heavy (non-hydrogen) atoms. The Kier molecular flexibility index (Phi) is 6.04. The fraction of sp³-hybridized carbons (Fsp3) is 0.259. The number of carbonyl (C=O) groups is 2. The van der Waals surface area contributed by atoms with Crippen molar-refractivity contribution in [3.8, 4) is 0 Å². The second kappa shape index (κ2) is 9.14. The molecular formula is C27H25FN2O3S. The molecule has 2 unspecified atom stereocenters. The van der Waals surface area contributed by atoms with Crippen molar-refractivity contribution in [1.29, 1.82) is 0 Å². The topological polar surface area (TPSA) is 57.7 Å². The average molecular weight is 477 g/mol. The van der Waals surface area contributed by atoms with Crippen LogP contribution in [0.2, 0.25) is 0 Å². The first kappa shape index (κ1) is 22.5. The second-order valence-electron chi connectivity index (χ2n) is 8.81. The van der Waals surface area contributed by atoms with Crippen LogP contribution in [0.25, 0.3) is 0 Å². The van der Waals surface area contributed by atoms with E-state index >= 15 is 0 Å². The smallest absolute Gasteiger partial charge is 0.259 e. The highest BCUT2D eigenvalue weighted by molar-refractivity contribution is 7.85. The lowest BCUT2D eigenvalue weighted by molar-refractivity contribution is 0.0635. The van der Waals surface area contributed by atoms with Gasteiger partial charge in [0.1, 0.15) is 5.82 Å². The van der Waals surface area contributed by atoms with E-state index < -0.39 is 10.8 Å². The highest BCUT2D eigenvalue weighted by atomic mass is 32.2. The monoisotopic (exact) mass is 476 g/mol. The number of nitrogens with zero attached hydrogens (tertiary/aromatic N) is 2. The van der Waals surface area contributed by atoms with Gasteiger partial charge in [-0.05, 0) is 74.2 Å². The molecule has 2 aliphatic rings. The number of hydrogen-bond acceptors (Lipinski definition) is 3. The fourth-order valence-corrected chi connectivity index (χ4v) is 6.04. The summed E-state index contributed by atoms with van der Waals surface area (Å²) in [6.45, 7) is 2.92. The first-order valence-electron chi connectivity index (χ1n) is 11.5. The maximum absolute atomic E-state index is 13.7. The molecular weight excluding hydrogens is 451 g/mol. The van der Waals surface area contributed by atoms with Crippen LogP contribution < -0.4 is 4.90 Å². The molecule has 174 valence electrons. The van der Waals surface area contributed by atoms with Crippen LogP contribution in [-0.2, 0) is 17.3 Å². The van der Waals surface area contributed by atoms with Crippen molar-refractivity contribution in [1.82, 2.24) is 4.90 Å². The molecule has 0 bridgehead atoms. The van der Waals surface area contributed by atoms with Crippen LogP contribution in [0, 0.1) is 5.82 Å². The minimum Gasteiger partial charge on any atom is -0.336 e. The number of carbonyl (C=O) groups excluding carboxylic acids is 2. The zero-order valence-electron chi connectivity index (χ0n) is 18.9. The van der Waals surface area contributed by atoms with Crippen LogP contribution in [0.4, 0.5) is 10.1 Å². The molecule has 3 aromatic rings. The zero-order chi connectivity index (χ0) is 23.8. The van der Waals surface area contributed by atoms with Crippen molar-refractivity contribution in [3.63, 3.8) is 0 Å². The normalized spacial score (nSPS) is 19.9. The third kappa shape index (κ3) is 4.05. The molecule has 0 aromatic heterocycles. The van der Waals surface area contributed by atoms with E-state index in [1.165, 1.54) is 12.1 Å². The maximum Gasteiger partial charge on any atom is 0.259 e.